The Hall–Kier alpha value is -0.640. The van der Waals surface area contributed by atoms with E-state index in [-0.39, 0.29) is 12.2 Å². The molecule has 0 aromatic carbocycles. The molecule has 3 heteroatoms. The van der Waals surface area contributed by atoms with Crippen molar-refractivity contribution in [1.29, 1.82) is 0 Å². The van der Waals surface area contributed by atoms with Gasteiger partial charge >= 0.3 is 0 Å². The fraction of sp³-hybridized carbons (Fsp3) is 0.810. The summed E-state index contributed by atoms with van der Waals surface area (Å²) in [4.78, 5) is 0. The maximum absolute atomic E-state index is 10.0. The molecule has 0 saturated carbocycles. The molecule has 0 spiro atoms. The third-order valence-corrected chi connectivity index (χ3v) is 4.49. The Labute approximate surface area is 149 Å². The summed E-state index contributed by atoms with van der Waals surface area (Å²) < 4.78 is 12.0. The molecular weight excluding hydrogens is 300 g/mol. The van der Waals surface area contributed by atoms with Crippen LogP contribution in [0.2, 0.25) is 0 Å². The van der Waals surface area contributed by atoms with Crippen LogP contribution < -0.4 is 0 Å². The zero-order valence-corrected chi connectivity index (χ0v) is 16.0. The summed E-state index contributed by atoms with van der Waals surface area (Å²) in [5, 5.41) is 10.0. The number of hydrogen-bond donors (Lipinski definition) is 1. The first-order chi connectivity index (χ1) is 11.5. The summed E-state index contributed by atoms with van der Waals surface area (Å²) in [6, 6.07) is 0. The number of aliphatic hydroxyl groups is 1. The molecule has 3 atom stereocenters. The van der Waals surface area contributed by atoms with Gasteiger partial charge in [-0.15, -0.1) is 6.58 Å². The van der Waals surface area contributed by atoms with Crippen LogP contribution in [-0.4, -0.2) is 29.2 Å². The molecule has 0 radical (unpaired) electrons. The number of aliphatic hydroxyl groups excluding tert-OH is 1. The molecule has 1 fully saturated rings. The first-order valence-electron chi connectivity index (χ1n) is 9.81. The van der Waals surface area contributed by atoms with Crippen LogP contribution in [0.5, 0.6) is 0 Å². The van der Waals surface area contributed by atoms with Gasteiger partial charge in [-0.2, -0.15) is 0 Å². The molecule has 1 unspecified atom stereocenters. The molecule has 0 bridgehead atoms. The Morgan fingerprint density at radius 1 is 1.08 bits per heavy atom. The molecule has 0 aliphatic carbocycles. The van der Waals surface area contributed by atoms with Crippen molar-refractivity contribution in [2.75, 3.05) is 0 Å². The van der Waals surface area contributed by atoms with Crippen LogP contribution in [0.25, 0.3) is 0 Å². The number of unbranched alkanes of at least 4 members (excludes halogenated alkanes) is 6. The highest BCUT2D eigenvalue weighted by atomic mass is 16.7. The second kappa shape index (κ2) is 11.8. The summed E-state index contributed by atoms with van der Waals surface area (Å²) >= 11 is 0. The maximum atomic E-state index is 10.0. The first-order valence-corrected chi connectivity index (χ1v) is 9.81. The fourth-order valence-corrected chi connectivity index (χ4v) is 3.18. The summed E-state index contributed by atoms with van der Waals surface area (Å²) in [7, 11) is 0. The van der Waals surface area contributed by atoms with Crippen LogP contribution >= 0.6 is 0 Å². The van der Waals surface area contributed by atoms with E-state index < -0.39 is 11.9 Å². The average molecular weight is 339 g/mol. The van der Waals surface area contributed by atoms with Crippen LogP contribution in [0.1, 0.15) is 85.0 Å². The molecule has 0 aromatic heterocycles. The lowest BCUT2D eigenvalue weighted by molar-refractivity contribution is -0.143. The van der Waals surface area contributed by atoms with E-state index in [4.69, 9.17) is 9.47 Å². The smallest absolute Gasteiger partial charge is 0.164 e. The highest BCUT2D eigenvalue weighted by Crippen LogP contribution is 2.32. The van der Waals surface area contributed by atoms with E-state index in [2.05, 4.69) is 13.5 Å². The van der Waals surface area contributed by atoms with E-state index in [1.165, 1.54) is 38.5 Å². The van der Waals surface area contributed by atoms with Crippen LogP contribution in [0.15, 0.2) is 24.8 Å². The van der Waals surface area contributed by atoms with Gasteiger partial charge in [0.25, 0.3) is 0 Å². The Kier molecular flexibility index (Phi) is 10.6. The Morgan fingerprint density at radius 3 is 2.50 bits per heavy atom. The minimum atomic E-state index is -0.532. The molecule has 1 aliphatic rings. The Bertz CT molecular complexity index is 362. The third-order valence-electron chi connectivity index (χ3n) is 4.49. The summed E-state index contributed by atoms with van der Waals surface area (Å²) in [5.74, 6) is -0.532. The van der Waals surface area contributed by atoms with Crippen molar-refractivity contribution >= 4 is 0 Å². The predicted molar refractivity (Wildman–Crippen MR) is 101 cm³/mol. The Balaban J connectivity index is 2.37. The summed E-state index contributed by atoms with van der Waals surface area (Å²) in [5.41, 5.74) is 0. The molecule has 1 heterocycles. The van der Waals surface area contributed by atoms with Crippen LogP contribution in [0.3, 0.4) is 0 Å². The van der Waals surface area contributed by atoms with Crippen LogP contribution in [-0.2, 0) is 9.47 Å². The van der Waals surface area contributed by atoms with Crippen molar-refractivity contribution in [3.05, 3.63) is 24.8 Å². The van der Waals surface area contributed by atoms with Gasteiger partial charge in [0.15, 0.2) is 5.79 Å². The van der Waals surface area contributed by atoms with E-state index in [1.807, 2.05) is 32.1 Å². The molecule has 3 nitrogen and oxygen atoms in total. The third kappa shape index (κ3) is 9.00. The lowest BCUT2D eigenvalue weighted by Crippen LogP contribution is -2.21. The van der Waals surface area contributed by atoms with E-state index in [1.54, 1.807) is 0 Å². The summed E-state index contributed by atoms with van der Waals surface area (Å²) in [6.45, 7) is 9.89. The minimum absolute atomic E-state index is 0.0512. The van der Waals surface area contributed by atoms with Gasteiger partial charge in [-0.3, -0.25) is 0 Å². The predicted octanol–water partition coefficient (Wildman–Crippen LogP) is 5.53. The van der Waals surface area contributed by atoms with Crippen molar-refractivity contribution in [1.82, 2.24) is 0 Å². The monoisotopic (exact) mass is 338 g/mol. The zero-order chi connectivity index (χ0) is 17.8. The maximum Gasteiger partial charge on any atom is 0.164 e. The molecule has 24 heavy (non-hydrogen) atoms. The standard InChI is InChI=1S/C21H38O3/c1-5-7-9-10-11-13-15-19-20(24-21(3,4)23-19)17-16-18(22)14-12-8-6-2/h6,16-20,22H,2,5,7-15H2,1,3-4H3/b17-16+/t18?,19-,20-/m1/s1. The lowest BCUT2D eigenvalue weighted by Gasteiger charge is -2.16. The van der Waals surface area contributed by atoms with Gasteiger partial charge in [0, 0.05) is 0 Å². The van der Waals surface area contributed by atoms with Gasteiger partial charge in [0.05, 0.1) is 12.2 Å². The zero-order valence-electron chi connectivity index (χ0n) is 16.0. The SMILES string of the molecule is C=CCCCC(O)/C=C/[C@H]1OC(C)(C)O[C@@H]1CCCCCCCC. The van der Waals surface area contributed by atoms with Crippen molar-refractivity contribution in [2.24, 2.45) is 0 Å². The second-order valence-corrected chi connectivity index (χ2v) is 7.37. The van der Waals surface area contributed by atoms with Crippen molar-refractivity contribution in [3.8, 4) is 0 Å². The van der Waals surface area contributed by atoms with Crippen molar-refractivity contribution < 1.29 is 14.6 Å². The van der Waals surface area contributed by atoms with Crippen LogP contribution in [0, 0.1) is 0 Å². The fourth-order valence-electron chi connectivity index (χ4n) is 3.18. The van der Waals surface area contributed by atoms with Crippen molar-refractivity contribution in [3.63, 3.8) is 0 Å². The van der Waals surface area contributed by atoms with Gasteiger partial charge in [0.2, 0.25) is 0 Å². The molecule has 1 saturated heterocycles. The number of ether oxygens (including phenoxy) is 2. The molecule has 1 rings (SSSR count). The molecule has 0 aromatic rings. The van der Waals surface area contributed by atoms with E-state index in [9.17, 15) is 5.11 Å². The van der Waals surface area contributed by atoms with Crippen LogP contribution in [0.4, 0.5) is 0 Å². The normalized spacial score (nSPS) is 24.5. The topological polar surface area (TPSA) is 38.7 Å². The number of rotatable bonds is 13. The average Bonchev–Trinajstić information content (AvgIpc) is 2.83. The highest BCUT2D eigenvalue weighted by molar-refractivity contribution is 5.00. The van der Waals surface area contributed by atoms with Crippen molar-refractivity contribution in [2.45, 2.75) is 109 Å². The van der Waals surface area contributed by atoms with E-state index in [0.29, 0.717) is 0 Å². The van der Waals surface area contributed by atoms with Gasteiger partial charge in [-0.1, -0.05) is 63.7 Å². The first kappa shape index (κ1) is 21.4. The number of allylic oxidation sites excluding steroid dienone is 1. The Morgan fingerprint density at radius 2 is 1.79 bits per heavy atom. The molecule has 140 valence electrons. The molecular formula is C21H38O3. The quantitative estimate of drug-likeness (QED) is 0.354. The van der Waals surface area contributed by atoms with E-state index >= 15 is 0 Å². The van der Waals surface area contributed by atoms with Gasteiger partial charge in [-0.05, 0) is 39.5 Å². The summed E-state index contributed by atoms with van der Waals surface area (Å²) in [6.07, 6.45) is 16.8. The number of hydrogen-bond acceptors (Lipinski definition) is 3. The molecule has 1 aliphatic heterocycles. The van der Waals surface area contributed by atoms with Gasteiger partial charge in [-0.25, -0.2) is 0 Å². The highest BCUT2D eigenvalue weighted by Gasteiger charge is 2.39. The molecule has 1 N–H and O–H groups in total. The van der Waals surface area contributed by atoms with Gasteiger partial charge < -0.3 is 14.6 Å². The minimum Gasteiger partial charge on any atom is -0.389 e. The largest absolute Gasteiger partial charge is 0.389 e. The van der Waals surface area contributed by atoms with E-state index in [0.717, 1.165) is 25.7 Å². The lowest BCUT2D eigenvalue weighted by atomic mass is 10.0. The van der Waals surface area contributed by atoms with Gasteiger partial charge in [0.1, 0.15) is 6.10 Å². The molecule has 0 amide bonds. The second-order valence-electron chi connectivity index (χ2n) is 7.37.